The van der Waals surface area contributed by atoms with Crippen LogP contribution >= 0.6 is 47.2 Å². The summed E-state index contributed by atoms with van der Waals surface area (Å²) in [4.78, 5) is 86.8. The number of rotatable bonds is 8. The summed E-state index contributed by atoms with van der Waals surface area (Å²) in [5.74, 6) is -3.41. The minimum Gasteiger partial charge on any atom is -0.480 e. The Hall–Kier alpha value is -5.80. The summed E-state index contributed by atoms with van der Waals surface area (Å²) in [6.45, 7) is 16.3. The molecular formula is C51H64Cl4F3N7O10. The molecule has 0 aliphatic carbocycles. The molecule has 4 saturated heterocycles. The molecule has 4 fully saturated rings. The fourth-order valence-electron chi connectivity index (χ4n) is 7.89. The maximum atomic E-state index is 13.0. The van der Waals surface area contributed by atoms with Crippen LogP contribution in [-0.2, 0) is 33.4 Å². The molecule has 0 spiro atoms. The summed E-state index contributed by atoms with van der Waals surface area (Å²) in [7, 11) is 0. The molecule has 0 unspecified atom stereocenters. The normalized spacial score (nSPS) is 18.8. The second-order valence-electron chi connectivity index (χ2n) is 19.4. The molecule has 24 heteroatoms. The van der Waals surface area contributed by atoms with Crippen LogP contribution in [-0.4, -0.2) is 123 Å². The van der Waals surface area contributed by atoms with Crippen LogP contribution in [0.5, 0.6) is 0 Å². The predicted molar refractivity (Wildman–Crippen MR) is 283 cm³/mol. The Morgan fingerprint density at radius 2 is 0.960 bits per heavy atom. The molecule has 4 atom stereocenters. The number of hydrogen-bond acceptors (Lipinski definition) is 10. The number of benzene rings is 3. The molecule has 0 bridgehead atoms. The van der Waals surface area contributed by atoms with Gasteiger partial charge in [0.25, 0.3) is 0 Å². The van der Waals surface area contributed by atoms with Gasteiger partial charge in [0.2, 0.25) is 23.6 Å². The number of likely N-dealkylation sites (tertiary alicyclic amines) is 3. The minimum atomic E-state index is -0.960. The first-order valence-electron chi connectivity index (χ1n) is 23.8. The maximum Gasteiger partial charge on any atom is 0.411 e. The van der Waals surface area contributed by atoms with Gasteiger partial charge in [-0.3, -0.25) is 29.0 Å². The average molecular weight is 1130 g/mol. The highest BCUT2D eigenvalue weighted by Crippen LogP contribution is 2.28. The van der Waals surface area contributed by atoms with Gasteiger partial charge in [-0.25, -0.2) is 27.6 Å². The summed E-state index contributed by atoms with van der Waals surface area (Å²) in [5, 5.41) is 20.4. The van der Waals surface area contributed by atoms with E-state index in [1.165, 1.54) is 63.2 Å². The van der Waals surface area contributed by atoms with E-state index in [9.17, 15) is 46.7 Å². The molecule has 75 heavy (non-hydrogen) atoms. The SMILES string of the molecule is C=CC(=O)N1CCC[C@H]1C(=O)Nc1ccc(F)cc1Cl.CC(C)(C)OC(=O)N1CCC[C@H]1C(=O)Nc1ccc(F)cc1Cl.CC(C)(C)OC(=O)N1CCC[C@H]1C(=O)O.Cl.O=C(Nc1ccc(F)cc1Cl)[C@@H]1CCCN1. The molecule has 4 heterocycles. The van der Waals surface area contributed by atoms with Gasteiger partial charge in [0, 0.05) is 19.6 Å². The molecule has 7 rings (SSSR count). The zero-order valence-electron chi connectivity index (χ0n) is 42.4. The Morgan fingerprint density at radius 1 is 0.600 bits per heavy atom. The molecule has 5 N–H and O–H groups in total. The summed E-state index contributed by atoms with van der Waals surface area (Å²) < 4.78 is 49.2. The van der Waals surface area contributed by atoms with Crippen molar-refractivity contribution in [1.82, 2.24) is 20.0 Å². The smallest absolute Gasteiger partial charge is 0.411 e. The van der Waals surface area contributed by atoms with Crippen molar-refractivity contribution >= 4 is 106 Å². The van der Waals surface area contributed by atoms with Crippen LogP contribution in [0.3, 0.4) is 0 Å². The maximum absolute atomic E-state index is 13.0. The number of nitrogens with zero attached hydrogens (tertiary/aromatic N) is 3. The van der Waals surface area contributed by atoms with E-state index in [-0.39, 0.29) is 57.1 Å². The van der Waals surface area contributed by atoms with Gasteiger partial charge < -0.3 is 40.7 Å². The highest BCUT2D eigenvalue weighted by Gasteiger charge is 2.38. The van der Waals surface area contributed by atoms with Crippen LogP contribution in [0.15, 0.2) is 67.3 Å². The lowest BCUT2D eigenvalue weighted by atomic mass is 10.2. The number of aliphatic carboxylic acids is 1. The first kappa shape index (κ1) is 63.5. The Labute approximate surface area is 455 Å². The first-order chi connectivity index (χ1) is 34.7. The minimum absolute atomic E-state index is 0. The van der Waals surface area contributed by atoms with Crippen molar-refractivity contribution in [3.8, 4) is 0 Å². The van der Waals surface area contributed by atoms with E-state index >= 15 is 0 Å². The molecule has 4 aliphatic rings. The first-order valence-corrected chi connectivity index (χ1v) is 25.0. The largest absolute Gasteiger partial charge is 0.480 e. The molecule has 3 aromatic carbocycles. The van der Waals surface area contributed by atoms with Gasteiger partial charge in [-0.05, 0) is 160 Å². The van der Waals surface area contributed by atoms with E-state index in [1.54, 1.807) is 41.5 Å². The van der Waals surface area contributed by atoms with Crippen LogP contribution in [0.4, 0.5) is 39.8 Å². The van der Waals surface area contributed by atoms with Crippen molar-refractivity contribution in [2.24, 2.45) is 0 Å². The molecule has 412 valence electrons. The van der Waals surface area contributed by atoms with Crippen molar-refractivity contribution in [3.05, 3.63) is 99.8 Å². The number of ether oxygens (including phenoxy) is 2. The molecule has 6 amide bonds. The molecule has 3 aromatic rings. The van der Waals surface area contributed by atoms with Gasteiger partial charge in [-0.15, -0.1) is 12.4 Å². The Balaban J connectivity index is 0.000000266. The third kappa shape index (κ3) is 20.0. The highest BCUT2D eigenvalue weighted by molar-refractivity contribution is 6.34. The monoisotopic (exact) mass is 1130 g/mol. The molecule has 0 saturated carbocycles. The number of amides is 6. The number of halogens is 7. The van der Waals surface area contributed by atoms with Crippen molar-refractivity contribution in [3.63, 3.8) is 0 Å². The summed E-state index contributed by atoms with van der Waals surface area (Å²) in [6, 6.07) is 9.31. The van der Waals surface area contributed by atoms with Crippen LogP contribution in [0.2, 0.25) is 15.1 Å². The third-order valence-corrected chi connectivity index (χ3v) is 12.2. The molecule has 17 nitrogen and oxygen atoms in total. The quantitative estimate of drug-likeness (QED) is 0.134. The fraction of sp³-hybridized carbons (Fsp3) is 0.471. The van der Waals surface area contributed by atoms with Crippen LogP contribution in [0.1, 0.15) is 92.9 Å². The molecule has 0 radical (unpaired) electrons. The topological polar surface area (TPSA) is 216 Å². The van der Waals surface area contributed by atoms with Crippen LogP contribution in [0.25, 0.3) is 0 Å². The van der Waals surface area contributed by atoms with Gasteiger partial charge in [0.1, 0.15) is 46.8 Å². The van der Waals surface area contributed by atoms with Gasteiger partial charge in [-0.1, -0.05) is 41.4 Å². The number of hydrogen-bond donors (Lipinski definition) is 5. The second-order valence-corrected chi connectivity index (χ2v) is 20.6. The second kappa shape index (κ2) is 28.9. The average Bonchev–Trinajstić information content (AvgIpc) is 4.16. The lowest BCUT2D eigenvalue weighted by molar-refractivity contribution is -0.142. The summed E-state index contributed by atoms with van der Waals surface area (Å²) in [5.41, 5.74) is -0.115. The van der Waals surface area contributed by atoms with Crippen molar-refractivity contribution in [2.45, 2.75) is 128 Å². The van der Waals surface area contributed by atoms with Crippen molar-refractivity contribution in [2.75, 3.05) is 42.1 Å². The zero-order chi connectivity index (χ0) is 55.1. The van der Waals surface area contributed by atoms with Crippen molar-refractivity contribution < 1.29 is 61.3 Å². The summed E-state index contributed by atoms with van der Waals surface area (Å²) in [6.07, 6.45) is 5.80. The standard InChI is InChI=1S/C16H20ClFN2O3.C14H14ClFN2O2.C11H12ClFN2O.C10H17NO4.ClH/c1-16(2,3)23-15(22)20-8-4-5-13(20)14(21)19-12-7-6-10(18)9-11(12)17;1-2-13(19)18-7-3-4-12(18)14(20)17-11-6-5-9(16)8-10(11)15;12-8-6-7(13)3-4-9(8)15-11(16)10-2-1-5-14-10;1-10(2,3)15-9(14)11-6-4-5-7(11)8(12)13;/h6-7,9,13H,4-5,8H2,1-3H3,(H,19,21);2,5-6,8,12H,1,3-4,7H2,(H,17,20);3-4,6,10,14H,1-2,5H2,(H,15,16);7H,4-6H2,1-3H3,(H,12,13);1H/t13-;12-;10-;7-;/m0000./s1. The van der Waals surface area contributed by atoms with Gasteiger partial charge in [0.15, 0.2) is 0 Å². The Morgan fingerprint density at radius 3 is 1.31 bits per heavy atom. The third-order valence-electron chi connectivity index (χ3n) is 11.3. The van der Waals surface area contributed by atoms with E-state index in [4.69, 9.17) is 49.4 Å². The molecular weight excluding hydrogens is 1070 g/mol. The Bertz CT molecular complexity index is 2530. The highest BCUT2D eigenvalue weighted by atomic mass is 35.5. The van der Waals surface area contributed by atoms with E-state index in [0.29, 0.717) is 62.4 Å². The summed E-state index contributed by atoms with van der Waals surface area (Å²) >= 11 is 17.6. The number of carbonyl (C=O) groups excluding carboxylic acids is 6. The van der Waals surface area contributed by atoms with E-state index in [2.05, 4.69) is 27.8 Å². The molecule has 0 aromatic heterocycles. The van der Waals surface area contributed by atoms with Crippen molar-refractivity contribution in [1.29, 1.82) is 0 Å². The number of nitrogens with one attached hydrogen (secondary N) is 4. The van der Waals surface area contributed by atoms with Gasteiger partial charge in [-0.2, -0.15) is 0 Å². The number of anilines is 3. The zero-order valence-corrected chi connectivity index (χ0v) is 45.5. The molecule has 4 aliphatic heterocycles. The van der Waals surface area contributed by atoms with Crippen LogP contribution in [0, 0.1) is 17.5 Å². The fourth-order valence-corrected chi connectivity index (χ4v) is 8.54. The lowest BCUT2D eigenvalue weighted by Crippen LogP contribution is -2.45. The number of carboxylic acid groups (broad SMARTS) is 1. The lowest BCUT2D eigenvalue weighted by Gasteiger charge is -2.28. The number of carbonyl (C=O) groups is 7. The predicted octanol–water partition coefficient (Wildman–Crippen LogP) is 10.5. The number of carboxylic acids is 1. The van der Waals surface area contributed by atoms with E-state index in [1.807, 2.05) is 0 Å². The van der Waals surface area contributed by atoms with E-state index in [0.717, 1.165) is 44.4 Å². The van der Waals surface area contributed by atoms with Crippen LogP contribution < -0.4 is 21.3 Å². The van der Waals surface area contributed by atoms with Gasteiger partial charge >= 0.3 is 18.2 Å². The van der Waals surface area contributed by atoms with E-state index < -0.39 is 64.9 Å². The van der Waals surface area contributed by atoms with Gasteiger partial charge in [0.05, 0.1) is 38.2 Å². The Kier molecular flexibility index (Phi) is 24.5.